The van der Waals surface area contributed by atoms with E-state index in [2.05, 4.69) is 35.3 Å². The van der Waals surface area contributed by atoms with Crippen molar-refractivity contribution in [3.8, 4) is 0 Å². The van der Waals surface area contributed by atoms with E-state index in [-0.39, 0.29) is 0 Å². The second kappa shape index (κ2) is 5.27. The van der Waals surface area contributed by atoms with Crippen LogP contribution < -0.4 is 0 Å². The highest BCUT2D eigenvalue weighted by molar-refractivity contribution is 5.82. The first-order valence-corrected chi connectivity index (χ1v) is 6.68. The van der Waals surface area contributed by atoms with Gasteiger partial charge in [0, 0.05) is 16.6 Å². The minimum atomic E-state index is 0.597. The second-order valence-corrected chi connectivity index (χ2v) is 4.81. The topological polar surface area (TPSA) is 22.1 Å². The minimum Gasteiger partial charge on any atom is -0.489 e. The molecule has 1 aliphatic rings. The van der Waals surface area contributed by atoms with Crippen LogP contribution in [0.1, 0.15) is 24.1 Å². The summed E-state index contributed by atoms with van der Waals surface area (Å²) in [4.78, 5) is 4.55. The van der Waals surface area contributed by atoms with Crippen LogP contribution in [0.5, 0.6) is 0 Å². The lowest BCUT2D eigenvalue weighted by Gasteiger charge is -2.12. The Bertz CT molecular complexity index is 655. The number of para-hydroxylation sites is 1. The van der Waals surface area contributed by atoms with Gasteiger partial charge in [-0.15, -0.1) is 0 Å². The van der Waals surface area contributed by atoms with Gasteiger partial charge in [0.2, 0.25) is 0 Å². The van der Waals surface area contributed by atoms with Gasteiger partial charge in [-0.25, -0.2) is 0 Å². The first kappa shape index (κ1) is 12.0. The van der Waals surface area contributed by atoms with E-state index in [9.17, 15) is 0 Å². The number of ether oxygens (including phenoxy) is 1. The van der Waals surface area contributed by atoms with Crippen molar-refractivity contribution < 1.29 is 4.74 Å². The monoisotopic (exact) mass is 251 g/mol. The number of hydrogen-bond acceptors (Lipinski definition) is 2. The molecular weight excluding hydrogens is 234 g/mol. The van der Waals surface area contributed by atoms with Crippen LogP contribution in [-0.4, -0.2) is 4.98 Å². The molecule has 1 aromatic heterocycles. The van der Waals surface area contributed by atoms with E-state index in [0.717, 1.165) is 29.8 Å². The smallest absolute Gasteiger partial charge is 0.115 e. The molecule has 0 unspecified atom stereocenters. The van der Waals surface area contributed by atoms with Crippen molar-refractivity contribution in [3.63, 3.8) is 0 Å². The van der Waals surface area contributed by atoms with E-state index in [0.29, 0.717) is 6.61 Å². The fourth-order valence-corrected chi connectivity index (χ4v) is 2.37. The summed E-state index contributed by atoms with van der Waals surface area (Å²) in [6, 6.07) is 10.3. The van der Waals surface area contributed by atoms with Crippen molar-refractivity contribution in [2.24, 2.45) is 0 Å². The average molecular weight is 251 g/mol. The Hall–Kier alpha value is -2.09. The number of aryl methyl sites for hydroxylation is 1. The minimum absolute atomic E-state index is 0.597. The van der Waals surface area contributed by atoms with Crippen LogP contribution in [0.3, 0.4) is 0 Å². The zero-order valence-corrected chi connectivity index (χ0v) is 11.1. The van der Waals surface area contributed by atoms with Gasteiger partial charge in [0.15, 0.2) is 0 Å². The zero-order chi connectivity index (χ0) is 13.1. The van der Waals surface area contributed by atoms with Crippen LogP contribution in [0.25, 0.3) is 10.9 Å². The molecule has 0 spiro atoms. The normalized spacial score (nSPS) is 14.5. The third-order valence-corrected chi connectivity index (χ3v) is 3.29. The third-order valence-electron chi connectivity index (χ3n) is 3.29. The maximum atomic E-state index is 5.88. The van der Waals surface area contributed by atoms with Gasteiger partial charge in [0.25, 0.3) is 0 Å². The molecule has 96 valence electrons. The van der Waals surface area contributed by atoms with Crippen molar-refractivity contribution >= 4 is 10.9 Å². The van der Waals surface area contributed by atoms with Crippen LogP contribution in [-0.2, 0) is 11.3 Å². The first-order chi connectivity index (χ1) is 9.33. The number of allylic oxidation sites excluding steroid dienone is 3. The maximum Gasteiger partial charge on any atom is 0.115 e. The molecule has 1 heterocycles. The van der Waals surface area contributed by atoms with E-state index >= 15 is 0 Å². The van der Waals surface area contributed by atoms with Gasteiger partial charge in [0.1, 0.15) is 12.4 Å². The van der Waals surface area contributed by atoms with Gasteiger partial charge < -0.3 is 4.74 Å². The molecule has 2 nitrogen and oxygen atoms in total. The van der Waals surface area contributed by atoms with Crippen LogP contribution in [0, 0.1) is 6.92 Å². The summed E-state index contributed by atoms with van der Waals surface area (Å²) in [7, 11) is 0. The molecule has 19 heavy (non-hydrogen) atoms. The molecule has 0 amide bonds. The van der Waals surface area contributed by atoms with Gasteiger partial charge in [0.05, 0.1) is 5.52 Å². The van der Waals surface area contributed by atoms with Crippen molar-refractivity contribution in [2.75, 3.05) is 0 Å². The Morgan fingerprint density at radius 2 is 2.11 bits per heavy atom. The standard InChI is InChI=1S/C17H17NO/c1-13-11-14(12-19-15-7-3-2-4-8-15)16-9-5-6-10-17(16)18-13/h3,5-11H,2,4,12H2,1H3. The molecular formula is C17H17NO. The predicted molar refractivity (Wildman–Crippen MR) is 77.7 cm³/mol. The molecule has 0 N–H and O–H groups in total. The maximum absolute atomic E-state index is 5.88. The van der Waals surface area contributed by atoms with Gasteiger partial charge in [-0.1, -0.05) is 24.3 Å². The molecule has 0 fully saturated rings. The summed E-state index contributed by atoms with van der Waals surface area (Å²) in [6.07, 6.45) is 8.55. The number of rotatable bonds is 3. The predicted octanol–water partition coefficient (Wildman–Crippen LogP) is 4.29. The van der Waals surface area contributed by atoms with Crippen molar-refractivity contribution in [1.29, 1.82) is 0 Å². The molecule has 0 saturated carbocycles. The van der Waals surface area contributed by atoms with Gasteiger partial charge in [-0.3, -0.25) is 4.98 Å². The van der Waals surface area contributed by atoms with Gasteiger partial charge in [-0.2, -0.15) is 0 Å². The average Bonchev–Trinajstić information content (AvgIpc) is 2.45. The van der Waals surface area contributed by atoms with E-state index < -0.39 is 0 Å². The molecule has 0 radical (unpaired) electrons. The highest BCUT2D eigenvalue weighted by atomic mass is 16.5. The largest absolute Gasteiger partial charge is 0.489 e. The summed E-state index contributed by atoms with van der Waals surface area (Å²) in [5, 5.41) is 1.17. The number of fused-ring (bicyclic) bond motifs is 1. The molecule has 0 aliphatic heterocycles. The highest BCUT2D eigenvalue weighted by Crippen LogP contribution is 2.21. The third kappa shape index (κ3) is 2.68. The molecule has 0 bridgehead atoms. The Balaban J connectivity index is 1.87. The SMILES string of the molecule is Cc1cc(COC2=CCCC=C2)c2ccccc2n1. The van der Waals surface area contributed by atoms with E-state index in [4.69, 9.17) is 4.74 Å². The van der Waals surface area contributed by atoms with Crippen molar-refractivity contribution in [3.05, 3.63) is 65.6 Å². The second-order valence-electron chi connectivity index (χ2n) is 4.81. The molecule has 1 aliphatic carbocycles. The fourth-order valence-electron chi connectivity index (χ4n) is 2.37. The summed E-state index contributed by atoms with van der Waals surface area (Å²) in [6.45, 7) is 2.62. The quantitative estimate of drug-likeness (QED) is 0.811. The van der Waals surface area contributed by atoms with Crippen LogP contribution in [0.2, 0.25) is 0 Å². The Morgan fingerprint density at radius 3 is 2.95 bits per heavy atom. The Labute approximate surface area is 113 Å². The Kier molecular flexibility index (Phi) is 3.32. The molecule has 0 saturated heterocycles. The highest BCUT2D eigenvalue weighted by Gasteiger charge is 2.05. The number of benzene rings is 1. The van der Waals surface area contributed by atoms with Crippen LogP contribution in [0.4, 0.5) is 0 Å². The van der Waals surface area contributed by atoms with Gasteiger partial charge >= 0.3 is 0 Å². The zero-order valence-electron chi connectivity index (χ0n) is 11.1. The lowest BCUT2D eigenvalue weighted by Crippen LogP contribution is -1.97. The number of aromatic nitrogens is 1. The molecule has 2 aromatic rings. The lowest BCUT2D eigenvalue weighted by molar-refractivity contribution is 0.210. The fraction of sp³-hybridized carbons (Fsp3) is 0.235. The van der Waals surface area contributed by atoms with Gasteiger partial charge in [-0.05, 0) is 44.1 Å². The van der Waals surface area contributed by atoms with Crippen LogP contribution >= 0.6 is 0 Å². The number of nitrogens with zero attached hydrogens (tertiary/aromatic N) is 1. The summed E-state index contributed by atoms with van der Waals surface area (Å²) in [5.41, 5.74) is 3.27. The number of hydrogen-bond donors (Lipinski definition) is 0. The summed E-state index contributed by atoms with van der Waals surface area (Å²) < 4.78 is 5.88. The van der Waals surface area contributed by atoms with E-state index in [1.165, 1.54) is 10.9 Å². The number of pyridine rings is 1. The van der Waals surface area contributed by atoms with E-state index in [1.54, 1.807) is 0 Å². The molecule has 1 aromatic carbocycles. The molecule has 0 atom stereocenters. The van der Waals surface area contributed by atoms with E-state index in [1.807, 2.05) is 25.1 Å². The first-order valence-electron chi connectivity index (χ1n) is 6.68. The van der Waals surface area contributed by atoms with Crippen molar-refractivity contribution in [2.45, 2.75) is 26.4 Å². The van der Waals surface area contributed by atoms with Crippen molar-refractivity contribution in [1.82, 2.24) is 4.98 Å². The molecule has 2 heteroatoms. The lowest BCUT2D eigenvalue weighted by atomic mass is 10.1. The Morgan fingerprint density at radius 1 is 1.21 bits per heavy atom. The summed E-state index contributed by atoms with van der Waals surface area (Å²) in [5.74, 6) is 0.977. The van der Waals surface area contributed by atoms with Crippen LogP contribution in [0.15, 0.2) is 54.3 Å². The summed E-state index contributed by atoms with van der Waals surface area (Å²) >= 11 is 0. The molecule has 3 rings (SSSR count).